The van der Waals surface area contributed by atoms with Crippen molar-refractivity contribution in [3.05, 3.63) is 0 Å². The van der Waals surface area contributed by atoms with Gasteiger partial charge in [-0.05, 0) is 56.4 Å². The van der Waals surface area contributed by atoms with Crippen LogP contribution in [0.1, 0.15) is 52.4 Å². The van der Waals surface area contributed by atoms with Crippen molar-refractivity contribution in [1.29, 1.82) is 0 Å². The van der Waals surface area contributed by atoms with Crippen molar-refractivity contribution in [2.24, 2.45) is 17.8 Å². The zero-order valence-corrected chi connectivity index (χ0v) is 13.5. The largest absolute Gasteiger partial charge is 0.396 e. The van der Waals surface area contributed by atoms with Crippen LogP contribution in [0.25, 0.3) is 0 Å². The van der Waals surface area contributed by atoms with Crippen LogP contribution < -0.4 is 5.32 Å². The van der Waals surface area contributed by atoms with Gasteiger partial charge in [0.15, 0.2) is 0 Å². The third-order valence-electron chi connectivity index (χ3n) is 4.94. The van der Waals surface area contributed by atoms with Crippen molar-refractivity contribution < 1.29 is 5.11 Å². The first-order valence-electron chi connectivity index (χ1n) is 8.74. The number of nitrogens with one attached hydrogen (secondary N) is 1. The van der Waals surface area contributed by atoms with E-state index in [1.54, 1.807) is 0 Å². The van der Waals surface area contributed by atoms with E-state index in [0.717, 1.165) is 30.7 Å². The van der Waals surface area contributed by atoms with E-state index in [9.17, 15) is 0 Å². The number of hydrogen-bond donors (Lipinski definition) is 2. The van der Waals surface area contributed by atoms with Gasteiger partial charge in [-0.15, -0.1) is 0 Å². The van der Waals surface area contributed by atoms with Crippen LogP contribution in [0.15, 0.2) is 0 Å². The summed E-state index contributed by atoms with van der Waals surface area (Å²) in [4.78, 5) is 2.70. The summed E-state index contributed by atoms with van der Waals surface area (Å²) in [6.07, 6.45) is 7.80. The Morgan fingerprint density at radius 1 is 1.20 bits per heavy atom. The summed E-state index contributed by atoms with van der Waals surface area (Å²) in [5.74, 6) is 2.48. The minimum atomic E-state index is 0.350. The maximum atomic E-state index is 9.07. The lowest BCUT2D eigenvalue weighted by atomic mass is 9.83. The maximum Gasteiger partial charge on any atom is 0.0431 e. The molecule has 0 bridgehead atoms. The van der Waals surface area contributed by atoms with E-state index < -0.39 is 0 Å². The molecule has 0 amide bonds. The Bertz CT molecular complexity index is 266. The molecule has 118 valence electrons. The summed E-state index contributed by atoms with van der Waals surface area (Å²) in [7, 11) is 0. The van der Waals surface area contributed by atoms with Crippen molar-refractivity contribution in [3.8, 4) is 0 Å². The summed E-state index contributed by atoms with van der Waals surface area (Å²) >= 11 is 0. The van der Waals surface area contributed by atoms with Crippen molar-refractivity contribution >= 4 is 0 Å². The second-order valence-corrected chi connectivity index (χ2v) is 7.48. The van der Waals surface area contributed by atoms with Crippen LogP contribution >= 0.6 is 0 Å². The van der Waals surface area contributed by atoms with E-state index in [1.807, 2.05) is 0 Å². The van der Waals surface area contributed by atoms with Gasteiger partial charge < -0.3 is 15.3 Å². The molecule has 1 saturated heterocycles. The Labute approximate surface area is 125 Å². The second-order valence-electron chi connectivity index (χ2n) is 7.48. The molecule has 1 aliphatic heterocycles. The number of aliphatic hydroxyl groups is 1. The van der Waals surface area contributed by atoms with Gasteiger partial charge in [-0.3, -0.25) is 0 Å². The number of rotatable bonds is 8. The standard InChI is InChI=1S/C17H34N2O/c1-14(2)10-18-17-9-16(7-4-8-20)12-19(13-17)11-15-5-3-6-15/h14-18,20H,3-13H2,1-2H3. The topological polar surface area (TPSA) is 35.5 Å². The summed E-state index contributed by atoms with van der Waals surface area (Å²) in [5.41, 5.74) is 0. The van der Waals surface area contributed by atoms with E-state index in [1.165, 1.54) is 51.7 Å². The number of nitrogens with zero attached hydrogens (tertiary/aromatic N) is 1. The molecule has 2 atom stereocenters. The van der Waals surface area contributed by atoms with E-state index in [2.05, 4.69) is 24.1 Å². The van der Waals surface area contributed by atoms with Crippen molar-refractivity contribution in [2.75, 3.05) is 32.8 Å². The summed E-state index contributed by atoms with van der Waals surface area (Å²) in [5, 5.41) is 12.8. The quantitative estimate of drug-likeness (QED) is 0.718. The molecule has 2 unspecified atom stereocenters. The Hall–Kier alpha value is -0.120. The average Bonchev–Trinajstić information content (AvgIpc) is 2.38. The van der Waals surface area contributed by atoms with Crippen LogP contribution in [0.5, 0.6) is 0 Å². The number of piperidine rings is 1. The second kappa shape index (κ2) is 8.35. The minimum absolute atomic E-state index is 0.350. The normalized spacial score (nSPS) is 28.8. The van der Waals surface area contributed by atoms with Crippen LogP contribution in [0.3, 0.4) is 0 Å². The molecule has 1 saturated carbocycles. The highest BCUT2D eigenvalue weighted by atomic mass is 16.2. The van der Waals surface area contributed by atoms with Crippen LogP contribution in [0.2, 0.25) is 0 Å². The van der Waals surface area contributed by atoms with Crippen molar-refractivity contribution in [3.63, 3.8) is 0 Å². The third kappa shape index (κ3) is 5.34. The van der Waals surface area contributed by atoms with Gasteiger partial charge >= 0.3 is 0 Å². The van der Waals surface area contributed by atoms with E-state index >= 15 is 0 Å². The summed E-state index contributed by atoms with van der Waals surface area (Å²) in [6.45, 7) is 9.86. The van der Waals surface area contributed by atoms with Gasteiger partial charge in [0, 0.05) is 32.3 Å². The van der Waals surface area contributed by atoms with Gasteiger partial charge in [0.2, 0.25) is 0 Å². The van der Waals surface area contributed by atoms with Gasteiger partial charge in [-0.25, -0.2) is 0 Å². The minimum Gasteiger partial charge on any atom is -0.396 e. The SMILES string of the molecule is CC(C)CNC1CC(CCCO)CN(CC2CCC2)C1. The van der Waals surface area contributed by atoms with Crippen LogP contribution in [0, 0.1) is 17.8 Å². The van der Waals surface area contributed by atoms with E-state index in [4.69, 9.17) is 5.11 Å². The van der Waals surface area contributed by atoms with Crippen LogP contribution in [-0.4, -0.2) is 48.8 Å². The Morgan fingerprint density at radius 3 is 2.60 bits per heavy atom. The molecule has 2 aliphatic rings. The number of hydrogen-bond acceptors (Lipinski definition) is 3. The average molecular weight is 282 g/mol. The highest BCUT2D eigenvalue weighted by Crippen LogP contribution is 2.29. The Morgan fingerprint density at radius 2 is 2.00 bits per heavy atom. The molecule has 3 nitrogen and oxygen atoms in total. The molecule has 0 aromatic rings. The molecule has 0 aromatic carbocycles. The molecule has 20 heavy (non-hydrogen) atoms. The highest BCUT2D eigenvalue weighted by molar-refractivity contribution is 4.86. The lowest BCUT2D eigenvalue weighted by molar-refractivity contribution is 0.0944. The molecule has 1 aliphatic carbocycles. The Balaban J connectivity index is 1.80. The fraction of sp³-hybridized carbons (Fsp3) is 1.00. The Kier molecular flexibility index (Phi) is 6.79. The van der Waals surface area contributed by atoms with E-state index in [0.29, 0.717) is 12.6 Å². The molecule has 0 spiro atoms. The van der Waals surface area contributed by atoms with Crippen LogP contribution in [0.4, 0.5) is 0 Å². The number of likely N-dealkylation sites (tertiary alicyclic amines) is 1. The first-order chi connectivity index (χ1) is 9.67. The summed E-state index contributed by atoms with van der Waals surface area (Å²) < 4.78 is 0. The van der Waals surface area contributed by atoms with Gasteiger partial charge in [-0.1, -0.05) is 20.3 Å². The monoisotopic (exact) mass is 282 g/mol. The van der Waals surface area contributed by atoms with Gasteiger partial charge in [0.05, 0.1) is 0 Å². The molecular weight excluding hydrogens is 248 g/mol. The highest BCUT2D eigenvalue weighted by Gasteiger charge is 2.29. The molecule has 0 aromatic heterocycles. The fourth-order valence-electron chi connectivity index (χ4n) is 3.63. The third-order valence-corrected chi connectivity index (χ3v) is 4.94. The first-order valence-corrected chi connectivity index (χ1v) is 8.74. The maximum absolute atomic E-state index is 9.07. The van der Waals surface area contributed by atoms with Gasteiger partial charge in [0.1, 0.15) is 0 Å². The first kappa shape index (κ1) is 16.3. The van der Waals surface area contributed by atoms with Gasteiger partial charge in [-0.2, -0.15) is 0 Å². The molecule has 2 fully saturated rings. The fourth-order valence-corrected chi connectivity index (χ4v) is 3.63. The predicted octanol–water partition coefficient (Wildman–Crippen LogP) is 2.50. The van der Waals surface area contributed by atoms with Crippen molar-refractivity contribution in [1.82, 2.24) is 10.2 Å². The zero-order chi connectivity index (χ0) is 14.4. The van der Waals surface area contributed by atoms with Crippen molar-refractivity contribution in [2.45, 2.75) is 58.4 Å². The van der Waals surface area contributed by atoms with Gasteiger partial charge in [0.25, 0.3) is 0 Å². The molecule has 0 radical (unpaired) electrons. The summed E-state index contributed by atoms with van der Waals surface area (Å²) in [6, 6.07) is 0.662. The smallest absolute Gasteiger partial charge is 0.0431 e. The zero-order valence-electron chi connectivity index (χ0n) is 13.5. The molecule has 2 N–H and O–H groups in total. The molecule has 1 heterocycles. The lowest BCUT2D eigenvalue weighted by Gasteiger charge is -2.41. The molecule has 2 rings (SSSR count). The number of aliphatic hydroxyl groups excluding tert-OH is 1. The van der Waals surface area contributed by atoms with Crippen LogP contribution in [-0.2, 0) is 0 Å². The molecule has 3 heteroatoms. The van der Waals surface area contributed by atoms with E-state index in [-0.39, 0.29) is 0 Å². The molecular formula is C17H34N2O. The lowest BCUT2D eigenvalue weighted by Crippen LogP contribution is -2.51. The predicted molar refractivity (Wildman–Crippen MR) is 84.8 cm³/mol.